The second-order valence-corrected chi connectivity index (χ2v) is 6.72. The highest BCUT2D eigenvalue weighted by Crippen LogP contribution is 2.23. The number of hydrogen-bond donors (Lipinski definition) is 2. The summed E-state index contributed by atoms with van der Waals surface area (Å²) in [6.07, 6.45) is 3.25. The molecular formula is C15H13BrN2O2S. The molecule has 108 valence electrons. The van der Waals surface area contributed by atoms with Crippen molar-refractivity contribution in [3.8, 4) is 0 Å². The van der Waals surface area contributed by atoms with Gasteiger partial charge in [0.2, 0.25) is 11.8 Å². The van der Waals surface area contributed by atoms with Crippen LogP contribution in [0, 0.1) is 0 Å². The first-order valence-electron chi connectivity index (χ1n) is 6.15. The van der Waals surface area contributed by atoms with E-state index in [1.165, 1.54) is 13.0 Å². The summed E-state index contributed by atoms with van der Waals surface area (Å²) in [5, 5.41) is 5.42. The number of carbonyl (C=O) groups is 2. The number of nitrogens with one attached hydrogen (secondary N) is 2. The lowest BCUT2D eigenvalue weighted by Crippen LogP contribution is -2.08. The number of benzene rings is 1. The highest BCUT2D eigenvalue weighted by molar-refractivity contribution is 9.11. The van der Waals surface area contributed by atoms with E-state index in [1.807, 2.05) is 12.1 Å². The van der Waals surface area contributed by atoms with Gasteiger partial charge in [0.25, 0.3) is 0 Å². The molecule has 21 heavy (non-hydrogen) atoms. The zero-order valence-electron chi connectivity index (χ0n) is 11.2. The molecule has 0 unspecified atom stereocenters. The van der Waals surface area contributed by atoms with Crippen molar-refractivity contribution >= 4 is 56.5 Å². The van der Waals surface area contributed by atoms with E-state index in [2.05, 4.69) is 26.6 Å². The maximum Gasteiger partial charge on any atom is 0.248 e. The molecule has 0 radical (unpaired) electrons. The monoisotopic (exact) mass is 364 g/mol. The van der Waals surface area contributed by atoms with Crippen LogP contribution in [0.5, 0.6) is 0 Å². The normalized spacial score (nSPS) is 10.6. The van der Waals surface area contributed by atoms with E-state index in [1.54, 1.807) is 41.7 Å². The standard InChI is InChI=1S/C15H13BrN2O2S/c1-10(19)17-11-2-4-12(5-3-11)18-15(20)9-7-13-6-8-14(16)21-13/h2-9H,1H3,(H,17,19)(H,18,20). The Kier molecular flexibility index (Phi) is 5.30. The first-order chi connectivity index (χ1) is 10.0. The van der Waals surface area contributed by atoms with Gasteiger partial charge >= 0.3 is 0 Å². The summed E-state index contributed by atoms with van der Waals surface area (Å²) in [7, 11) is 0. The van der Waals surface area contributed by atoms with E-state index in [0.717, 1.165) is 8.66 Å². The topological polar surface area (TPSA) is 58.2 Å². The van der Waals surface area contributed by atoms with Gasteiger partial charge in [-0.1, -0.05) is 0 Å². The van der Waals surface area contributed by atoms with Crippen molar-refractivity contribution < 1.29 is 9.59 Å². The number of anilines is 2. The fraction of sp³-hybridized carbons (Fsp3) is 0.0667. The highest BCUT2D eigenvalue weighted by Gasteiger charge is 2.00. The highest BCUT2D eigenvalue weighted by atomic mass is 79.9. The largest absolute Gasteiger partial charge is 0.326 e. The number of thiophene rings is 1. The van der Waals surface area contributed by atoms with E-state index in [9.17, 15) is 9.59 Å². The molecule has 0 bridgehead atoms. The summed E-state index contributed by atoms with van der Waals surface area (Å²) >= 11 is 4.92. The van der Waals surface area contributed by atoms with Gasteiger partial charge in [-0.05, 0) is 58.4 Å². The molecule has 0 atom stereocenters. The lowest BCUT2D eigenvalue weighted by Gasteiger charge is -2.04. The molecule has 0 saturated carbocycles. The molecule has 0 aliphatic carbocycles. The van der Waals surface area contributed by atoms with Crippen molar-refractivity contribution in [2.45, 2.75) is 6.92 Å². The smallest absolute Gasteiger partial charge is 0.248 e. The van der Waals surface area contributed by atoms with Crippen LogP contribution in [0.1, 0.15) is 11.8 Å². The summed E-state index contributed by atoms with van der Waals surface area (Å²) in [4.78, 5) is 23.7. The van der Waals surface area contributed by atoms with Crippen LogP contribution >= 0.6 is 27.3 Å². The van der Waals surface area contributed by atoms with E-state index < -0.39 is 0 Å². The lowest BCUT2D eigenvalue weighted by molar-refractivity contribution is -0.114. The molecule has 2 rings (SSSR count). The Labute approximate surface area is 135 Å². The van der Waals surface area contributed by atoms with E-state index in [0.29, 0.717) is 11.4 Å². The van der Waals surface area contributed by atoms with E-state index in [4.69, 9.17) is 0 Å². The first-order valence-corrected chi connectivity index (χ1v) is 7.76. The van der Waals surface area contributed by atoms with Crippen molar-refractivity contribution in [3.05, 3.63) is 51.1 Å². The van der Waals surface area contributed by atoms with Gasteiger partial charge in [-0.15, -0.1) is 11.3 Å². The molecule has 1 heterocycles. The number of hydrogen-bond acceptors (Lipinski definition) is 3. The van der Waals surface area contributed by atoms with Crippen LogP contribution in [0.4, 0.5) is 11.4 Å². The van der Waals surface area contributed by atoms with Crippen LogP contribution in [0.25, 0.3) is 6.08 Å². The Balaban J connectivity index is 1.93. The maximum absolute atomic E-state index is 11.8. The van der Waals surface area contributed by atoms with Crippen LogP contribution < -0.4 is 10.6 Å². The third kappa shape index (κ3) is 5.17. The second kappa shape index (κ2) is 7.19. The van der Waals surface area contributed by atoms with E-state index >= 15 is 0 Å². The van der Waals surface area contributed by atoms with Crippen molar-refractivity contribution in [3.63, 3.8) is 0 Å². The quantitative estimate of drug-likeness (QED) is 0.801. The fourth-order valence-corrected chi connectivity index (χ4v) is 2.93. The van der Waals surface area contributed by atoms with Crippen LogP contribution in [-0.2, 0) is 9.59 Å². The van der Waals surface area contributed by atoms with Crippen LogP contribution in [0.15, 0.2) is 46.3 Å². The average molecular weight is 365 g/mol. The van der Waals surface area contributed by atoms with Crippen LogP contribution in [-0.4, -0.2) is 11.8 Å². The molecule has 1 aromatic carbocycles. The molecule has 0 saturated heterocycles. The van der Waals surface area contributed by atoms with Crippen molar-refractivity contribution in [2.24, 2.45) is 0 Å². The number of carbonyl (C=O) groups excluding carboxylic acids is 2. The number of rotatable bonds is 4. The van der Waals surface area contributed by atoms with Gasteiger partial charge in [-0.2, -0.15) is 0 Å². The minimum atomic E-state index is -0.202. The first kappa shape index (κ1) is 15.5. The van der Waals surface area contributed by atoms with Crippen molar-refractivity contribution in [2.75, 3.05) is 10.6 Å². The average Bonchev–Trinajstić information content (AvgIpc) is 2.84. The van der Waals surface area contributed by atoms with Gasteiger partial charge in [-0.3, -0.25) is 9.59 Å². The van der Waals surface area contributed by atoms with Gasteiger partial charge in [0.1, 0.15) is 0 Å². The Morgan fingerprint density at radius 1 is 1.05 bits per heavy atom. The van der Waals surface area contributed by atoms with Gasteiger partial charge < -0.3 is 10.6 Å². The molecule has 0 fully saturated rings. The van der Waals surface area contributed by atoms with Gasteiger partial charge in [0, 0.05) is 29.3 Å². The van der Waals surface area contributed by atoms with Gasteiger partial charge in [-0.25, -0.2) is 0 Å². The third-order valence-corrected chi connectivity index (χ3v) is 4.05. The Bertz CT molecular complexity index is 677. The molecule has 6 heteroatoms. The molecule has 2 N–H and O–H groups in total. The summed E-state index contributed by atoms with van der Waals surface area (Å²) in [6, 6.07) is 10.8. The van der Waals surface area contributed by atoms with Gasteiger partial charge in [0.05, 0.1) is 3.79 Å². The minimum absolute atomic E-state index is 0.128. The SMILES string of the molecule is CC(=O)Nc1ccc(NC(=O)C=Cc2ccc(Br)s2)cc1. The Morgan fingerprint density at radius 2 is 1.67 bits per heavy atom. The number of amides is 2. The predicted molar refractivity (Wildman–Crippen MR) is 90.4 cm³/mol. The maximum atomic E-state index is 11.8. The zero-order chi connectivity index (χ0) is 15.2. The van der Waals surface area contributed by atoms with E-state index in [-0.39, 0.29) is 11.8 Å². The van der Waals surface area contributed by atoms with Crippen LogP contribution in [0.2, 0.25) is 0 Å². The summed E-state index contributed by atoms with van der Waals surface area (Å²) in [5.74, 6) is -0.330. The fourth-order valence-electron chi connectivity index (χ4n) is 1.60. The molecule has 1 aromatic heterocycles. The summed E-state index contributed by atoms with van der Waals surface area (Å²) < 4.78 is 1.02. The van der Waals surface area contributed by atoms with Crippen molar-refractivity contribution in [1.82, 2.24) is 0 Å². The van der Waals surface area contributed by atoms with Gasteiger partial charge in [0.15, 0.2) is 0 Å². The third-order valence-electron chi connectivity index (χ3n) is 2.47. The predicted octanol–water partition coefficient (Wildman–Crippen LogP) is 4.12. The molecule has 2 amide bonds. The number of halogens is 1. The minimum Gasteiger partial charge on any atom is -0.326 e. The zero-order valence-corrected chi connectivity index (χ0v) is 13.6. The molecule has 0 aliphatic rings. The molecule has 0 spiro atoms. The summed E-state index contributed by atoms with van der Waals surface area (Å²) in [5.41, 5.74) is 1.37. The molecule has 0 aliphatic heterocycles. The molecule has 2 aromatic rings. The Morgan fingerprint density at radius 3 is 2.19 bits per heavy atom. The Hall–Kier alpha value is -1.92. The molecular weight excluding hydrogens is 352 g/mol. The molecule has 4 nitrogen and oxygen atoms in total. The second-order valence-electron chi connectivity index (χ2n) is 4.22. The van der Waals surface area contributed by atoms with Crippen LogP contribution in [0.3, 0.4) is 0 Å². The van der Waals surface area contributed by atoms with Crippen molar-refractivity contribution in [1.29, 1.82) is 0 Å². The summed E-state index contributed by atoms with van der Waals surface area (Å²) in [6.45, 7) is 1.45. The lowest BCUT2D eigenvalue weighted by atomic mass is 10.2.